The number of piperazine rings is 1. The summed E-state index contributed by atoms with van der Waals surface area (Å²) < 4.78 is 12.4. The number of nitrogens with zero attached hydrogens (tertiary/aromatic N) is 4. The summed E-state index contributed by atoms with van der Waals surface area (Å²) in [4.78, 5) is 17.7. The van der Waals surface area contributed by atoms with Crippen molar-refractivity contribution in [1.29, 1.82) is 0 Å². The lowest BCUT2D eigenvalue weighted by Gasteiger charge is -2.36. The molecule has 0 radical (unpaired) electrons. The van der Waals surface area contributed by atoms with E-state index in [2.05, 4.69) is 10.00 Å². The highest BCUT2D eigenvalue weighted by Gasteiger charge is 2.27. The highest BCUT2D eigenvalue weighted by molar-refractivity contribution is 6.32. The summed E-state index contributed by atoms with van der Waals surface area (Å²) in [6.07, 6.45) is 1.59. The zero-order chi connectivity index (χ0) is 22.8. The second kappa shape index (κ2) is 9.03. The van der Waals surface area contributed by atoms with Gasteiger partial charge < -0.3 is 19.0 Å². The van der Waals surface area contributed by atoms with Crippen molar-refractivity contribution in [2.75, 3.05) is 38.2 Å². The molecule has 2 aromatic carbocycles. The number of methoxy groups -OCH3 is 1. The van der Waals surface area contributed by atoms with Crippen molar-refractivity contribution in [3.05, 3.63) is 83.7 Å². The van der Waals surface area contributed by atoms with E-state index >= 15 is 0 Å². The van der Waals surface area contributed by atoms with Crippen molar-refractivity contribution >= 4 is 23.2 Å². The van der Waals surface area contributed by atoms with Crippen molar-refractivity contribution in [3.8, 4) is 22.9 Å². The molecule has 7 nitrogen and oxygen atoms in total. The van der Waals surface area contributed by atoms with E-state index in [1.54, 1.807) is 36.3 Å². The molecular weight excluding hydrogens is 440 g/mol. The fourth-order valence-electron chi connectivity index (χ4n) is 4.01. The maximum atomic E-state index is 13.6. The fraction of sp³-hybridized carbons (Fsp3) is 0.200. The smallest absolute Gasteiger partial charge is 0.272 e. The zero-order valence-electron chi connectivity index (χ0n) is 18.1. The largest absolute Gasteiger partial charge is 0.497 e. The molecule has 5 rings (SSSR count). The molecule has 1 saturated heterocycles. The van der Waals surface area contributed by atoms with E-state index in [0.717, 1.165) is 24.5 Å². The molecule has 0 saturated carbocycles. The Balaban J connectivity index is 1.39. The van der Waals surface area contributed by atoms with Gasteiger partial charge in [-0.25, -0.2) is 4.68 Å². The van der Waals surface area contributed by atoms with E-state index < -0.39 is 0 Å². The number of anilines is 1. The molecule has 0 unspecified atom stereocenters. The Morgan fingerprint density at radius 2 is 1.76 bits per heavy atom. The van der Waals surface area contributed by atoms with Gasteiger partial charge in [0.2, 0.25) is 0 Å². The van der Waals surface area contributed by atoms with Crippen LogP contribution in [0.2, 0.25) is 5.02 Å². The molecule has 8 heteroatoms. The van der Waals surface area contributed by atoms with Crippen LogP contribution in [-0.2, 0) is 0 Å². The first kappa shape index (κ1) is 21.2. The molecule has 168 valence electrons. The third-order valence-electron chi connectivity index (χ3n) is 5.79. The molecule has 0 atom stereocenters. The first-order valence-electron chi connectivity index (χ1n) is 10.7. The average Bonchev–Trinajstić information content (AvgIpc) is 3.55. The Hall–Kier alpha value is -3.71. The van der Waals surface area contributed by atoms with E-state index in [-0.39, 0.29) is 5.91 Å². The topological polar surface area (TPSA) is 63.7 Å². The Morgan fingerprint density at radius 3 is 2.42 bits per heavy atom. The number of hydrogen-bond acceptors (Lipinski definition) is 5. The number of amides is 1. The SMILES string of the molecule is COc1ccc(N2CCN(C(=O)c3cc(-c4ccco4)nn3-c3ccccc3Cl)CC2)cc1. The molecule has 0 spiro atoms. The van der Waals surface area contributed by atoms with Crippen molar-refractivity contribution in [2.24, 2.45) is 0 Å². The van der Waals surface area contributed by atoms with Crippen LogP contribution < -0.4 is 9.64 Å². The molecule has 0 bridgehead atoms. The maximum Gasteiger partial charge on any atom is 0.272 e. The summed E-state index contributed by atoms with van der Waals surface area (Å²) in [5.41, 5.74) is 2.80. The summed E-state index contributed by atoms with van der Waals surface area (Å²) >= 11 is 6.44. The Labute approximate surface area is 196 Å². The third-order valence-corrected chi connectivity index (χ3v) is 6.11. The number of benzene rings is 2. The minimum atomic E-state index is -0.0883. The van der Waals surface area contributed by atoms with Crippen LogP contribution in [0.1, 0.15) is 10.5 Å². The minimum Gasteiger partial charge on any atom is -0.497 e. The van der Waals surface area contributed by atoms with Gasteiger partial charge in [-0.2, -0.15) is 5.10 Å². The van der Waals surface area contributed by atoms with E-state index in [4.69, 9.17) is 20.8 Å². The Kier molecular flexibility index (Phi) is 5.79. The van der Waals surface area contributed by atoms with Crippen molar-refractivity contribution in [3.63, 3.8) is 0 Å². The third kappa shape index (κ3) is 4.19. The van der Waals surface area contributed by atoms with Gasteiger partial charge >= 0.3 is 0 Å². The van der Waals surface area contributed by atoms with Gasteiger partial charge in [-0.15, -0.1) is 0 Å². The zero-order valence-corrected chi connectivity index (χ0v) is 18.9. The molecular formula is C25H23ClN4O3. The summed E-state index contributed by atoms with van der Waals surface area (Å²) in [6.45, 7) is 2.69. The Morgan fingerprint density at radius 1 is 1.00 bits per heavy atom. The second-order valence-corrected chi connectivity index (χ2v) is 8.14. The molecule has 1 aliphatic rings. The number of furan rings is 1. The van der Waals surface area contributed by atoms with Crippen molar-refractivity contribution in [2.45, 2.75) is 0 Å². The maximum absolute atomic E-state index is 13.6. The molecule has 0 N–H and O–H groups in total. The van der Waals surface area contributed by atoms with Gasteiger partial charge in [-0.3, -0.25) is 4.79 Å². The molecule has 0 aliphatic carbocycles. The Bertz CT molecular complexity index is 1240. The van der Waals surface area contributed by atoms with E-state index in [1.807, 2.05) is 53.4 Å². The number of aromatic nitrogens is 2. The highest BCUT2D eigenvalue weighted by Crippen LogP contribution is 2.27. The fourth-order valence-corrected chi connectivity index (χ4v) is 4.22. The molecule has 4 aromatic rings. The number of rotatable bonds is 5. The average molecular weight is 463 g/mol. The molecule has 2 aromatic heterocycles. The summed E-state index contributed by atoms with van der Waals surface area (Å²) in [5, 5.41) is 5.17. The number of halogens is 1. The van der Waals surface area contributed by atoms with Gasteiger partial charge in [0.05, 0.1) is 24.1 Å². The van der Waals surface area contributed by atoms with Gasteiger partial charge in [0.25, 0.3) is 5.91 Å². The lowest BCUT2D eigenvalue weighted by molar-refractivity contribution is 0.0737. The van der Waals surface area contributed by atoms with Gasteiger partial charge in [0, 0.05) is 37.9 Å². The second-order valence-electron chi connectivity index (χ2n) is 7.73. The molecule has 1 fully saturated rings. The standard InChI is InChI=1S/C25H23ClN4O3/c1-32-19-10-8-18(9-11-19)28-12-14-29(15-13-28)25(31)23-17-21(24-7-4-16-33-24)27-30(23)22-6-3-2-5-20(22)26/h2-11,16-17H,12-15H2,1H3. The molecule has 3 heterocycles. The lowest BCUT2D eigenvalue weighted by atomic mass is 10.2. The van der Waals surface area contributed by atoms with Crippen molar-refractivity contribution < 1.29 is 13.9 Å². The first-order chi connectivity index (χ1) is 16.1. The van der Waals surface area contributed by atoms with Gasteiger partial charge in [0.1, 0.15) is 17.1 Å². The number of carbonyl (C=O) groups is 1. The van der Waals surface area contributed by atoms with Crippen LogP contribution in [0.5, 0.6) is 5.75 Å². The summed E-state index contributed by atoms with van der Waals surface area (Å²) in [6, 6.07) is 20.7. The number of carbonyl (C=O) groups excluding carboxylic acids is 1. The molecule has 33 heavy (non-hydrogen) atoms. The predicted octanol–water partition coefficient (Wildman–Crippen LogP) is 4.76. The molecule has 1 aliphatic heterocycles. The van der Waals surface area contributed by atoms with E-state index in [9.17, 15) is 4.79 Å². The number of ether oxygens (including phenoxy) is 1. The van der Waals surface area contributed by atoms with Crippen LogP contribution >= 0.6 is 11.6 Å². The van der Waals surface area contributed by atoms with Crippen molar-refractivity contribution in [1.82, 2.24) is 14.7 Å². The summed E-state index contributed by atoms with van der Waals surface area (Å²) in [5.74, 6) is 1.33. The van der Waals surface area contributed by atoms with Crippen LogP contribution in [0, 0.1) is 0 Å². The van der Waals surface area contributed by atoms with Crippen LogP contribution in [0.25, 0.3) is 17.1 Å². The van der Waals surface area contributed by atoms with Gasteiger partial charge in [-0.05, 0) is 48.5 Å². The minimum absolute atomic E-state index is 0.0883. The lowest BCUT2D eigenvalue weighted by Crippen LogP contribution is -2.49. The number of hydrogen-bond donors (Lipinski definition) is 0. The van der Waals surface area contributed by atoms with E-state index in [1.165, 1.54) is 0 Å². The normalized spacial score (nSPS) is 13.9. The predicted molar refractivity (Wildman–Crippen MR) is 127 cm³/mol. The van der Waals surface area contributed by atoms with E-state index in [0.29, 0.717) is 40.9 Å². The van der Waals surface area contributed by atoms with Crippen LogP contribution in [0.4, 0.5) is 5.69 Å². The van der Waals surface area contributed by atoms with Crippen LogP contribution in [0.3, 0.4) is 0 Å². The first-order valence-corrected chi connectivity index (χ1v) is 11.1. The quantitative estimate of drug-likeness (QED) is 0.428. The highest BCUT2D eigenvalue weighted by atomic mass is 35.5. The van der Waals surface area contributed by atoms with Crippen LogP contribution in [-0.4, -0.2) is 53.9 Å². The molecule has 1 amide bonds. The summed E-state index contributed by atoms with van der Waals surface area (Å²) in [7, 11) is 1.66. The van der Waals surface area contributed by atoms with Gasteiger partial charge in [0.15, 0.2) is 5.76 Å². The number of para-hydroxylation sites is 1. The van der Waals surface area contributed by atoms with Crippen LogP contribution in [0.15, 0.2) is 77.4 Å². The van der Waals surface area contributed by atoms with Gasteiger partial charge in [-0.1, -0.05) is 23.7 Å². The monoisotopic (exact) mass is 462 g/mol.